The number of para-hydroxylation sites is 2. The van der Waals surface area contributed by atoms with Crippen molar-refractivity contribution in [2.45, 2.75) is 12.5 Å². The summed E-state index contributed by atoms with van der Waals surface area (Å²) in [6, 6.07) is 13.6. The number of benzene rings is 2. The van der Waals surface area contributed by atoms with E-state index in [1.54, 1.807) is 18.2 Å². The first-order valence-corrected chi connectivity index (χ1v) is 7.11. The Labute approximate surface area is 127 Å². The lowest BCUT2D eigenvalue weighted by atomic mass is 10.1. The topological polar surface area (TPSA) is 47.6 Å². The molecule has 0 aromatic heterocycles. The summed E-state index contributed by atoms with van der Waals surface area (Å²) in [7, 11) is 0. The Morgan fingerprint density at radius 2 is 1.86 bits per heavy atom. The Balaban J connectivity index is 1.51. The van der Waals surface area contributed by atoms with Crippen molar-refractivity contribution in [3.8, 4) is 11.5 Å². The molecule has 0 saturated carbocycles. The third-order valence-corrected chi connectivity index (χ3v) is 3.40. The molecule has 0 bridgehead atoms. The van der Waals surface area contributed by atoms with Crippen LogP contribution < -0.4 is 14.8 Å². The van der Waals surface area contributed by atoms with E-state index >= 15 is 0 Å². The highest BCUT2D eigenvalue weighted by molar-refractivity contribution is 5.78. The molecule has 1 heterocycles. The van der Waals surface area contributed by atoms with E-state index < -0.39 is 0 Å². The molecule has 0 fully saturated rings. The van der Waals surface area contributed by atoms with Gasteiger partial charge in [0.05, 0.1) is 13.0 Å². The molecule has 3 rings (SSSR count). The van der Waals surface area contributed by atoms with Gasteiger partial charge in [0.1, 0.15) is 18.5 Å². The van der Waals surface area contributed by atoms with Crippen molar-refractivity contribution in [2.75, 3.05) is 13.2 Å². The van der Waals surface area contributed by atoms with Gasteiger partial charge in [-0.3, -0.25) is 4.79 Å². The molecule has 1 unspecified atom stereocenters. The molecule has 0 saturated heterocycles. The van der Waals surface area contributed by atoms with Gasteiger partial charge in [-0.1, -0.05) is 30.3 Å². The van der Waals surface area contributed by atoms with Crippen LogP contribution in [0.5, 0.6) is 11.5 Å². The van der Waals surface area contributed by atoms with E-state index in [0.717, 1.165) is 0 Å². The fourth-order valence-electron chi connectivity index (χ4n) is 2.27. The third-order valence-electron chi connectivity index (χ3n) is 3.40. The molecule has 1 aliphatic rings. The summed E-state index contributed by atoms with van der Waals surface area (Å²) >= 11 is 0. The van der Waals surface area contributed by atoms with Crippen LogP contribution in [0, 0.1) is 5.82 Å². The molecule has 2 aromatic rings. The van der Waals surface area contributed by atoms with Crippen LogP contribution in [0.2, 0.25) is 0 Å². The van der Waals surface area contributed by atoms with Gasteiger partial charge in [-0.25, -0.2) is 4.39 Å². The zero-order valence-electron chi connectivity index (χ0n) is 11.9. The van der Waals surface area contributed by atoms with Crippen molar-refractivity contribution < 1.29 is 18.7 Å². The van der Waals surface area contributed by atoms with Gasteiger partial charge in [0.2, 0.25) is 5.91 Å². The van der Waals surface area contributed by atoms with E-state index in [9.17, 15) is 9.18 Å². The Bertz CT molecular complexity index is 674. The highest BCUT2D eigenvalue weighted by atomic mass is 19.1. The van der Waals surface area contributed by atoms with Crippen LogP contribution in [-0.2, 0) is 11.2 Å². The number of halogens is 1. The average molecular weight is 301 g/mol. The maximum atomic E-state index is 13.5. The van der Waals surface area contributed by atoms with Crippen molar-refractivity contribution in [3.05, 3.63) is 59.9 Å². The van der Waals surface area contributed by atoms with Crippen LogP contribution in [0.1, 0.15) is 5.56 Å². The first-order chi connectivity index (χ1) is 10.7. The number of carbonyl (C=O) groups excluding carboxylic acids is 1. The van der Waals surface area contributed by atoms with Gasteiger partial charge in [0.15, 0.2) is 11.5 Å². The van der Waals surface area contributed by atoms with E-state index in [1.807, 2.05) is 24.3 Å². The first kappa shape index (κ1) is 14.4. The predicted octanol–water partition coefficient (Wildman–Crippen LogP) is 2.32. The summed E-state index contributed by atoms with van der Waals surface area (Å²) < 4.78 is 24.8. The lowest BCUT2D eigenvalue weighted by Gasteiger charge is -2.26. The van der Waals surface area contributed by atoms with Gasteiger partial charge < -0.3 is 14.8 Å². The second-order valence-electron chi connectivity index (χ2n) is 5.07. The van der Waals surface area contributed by atoms with Crippen LogP contribution in [0.25, 0.3) is 0 Å². The molecule has 4 nitrogen and oxygen atoms in total. The lowest BCUT2D eigenvalue weighted by molar-refractivity contribution is -0.121. The highest BCUT2D eigenvalue weighted by Crippen LogP contribution is 2.30. The maximum Gasteiger partial charge on any atom is 0.224 e. The second kappa shape index (κ2) is 6.47. The predicted molar refractivity (Wildman–Crippen MR) is 79.5 cm³/mol. The smallest absolute Gasteiger partial charge is 0.224 e. The molecule has 1 amide bonds. The third kappa shape index (κ3) is 3.36. The number of carbonyl (C=O) groups is 1. The maximum absolute atomic E-state index is 13.5. The van der Waals surface area contributed by atoms with Crippen LogP contribution >= 0.6 is 0 Å². The molecule has 1 aliphatic heterocycles. The molecule has 0 aliphatic carbocycles. The van der Waals surface area contributed by atoms with Crippen LogP contribution in [-0.4, -0.2) is 25.2 Å². The number of amides is 1. The Kier molecular flexibility index (Phi) is 4.23. The zero-order chi connectivity index (χ0) is 15.4. The van der Waals surface area contributed by atoms with Gasteiger partial charge in [0, 0.05) is 0 Å². The lowest BCUT2D eigenvalue weighted by Crippen LogP contribution is -2.41. The fraction of sp³-hybridized carbons (Fsp3) is 0.235. The molecule has 114 valence electrons. The Morgan fingerprint density at radius 1 is 1.14 bits per heavy atom. The Morgan fingerprint density at radius 3 is 2.68 bits per heavy atom. The number of fused-ring (bicyclic) bond motifs is 1. The minimum absolute atomic E-state index is 0.0108. The van der Waals surface area contributed by atoms with Crippen LogP contribution in [0.3, 0.4) is 0 Å². The number of rotatable bonds is 4. The van der Waals surface area contributed by atoms with E-state index in [1.165, 1.54) is 6.07 Å². The fourth-order valence-corrected chi connectivity index (χ4v) is 2.27. The first-order valence-electron chi connectivity index (χ1n) is 7.11. The van der Waals surface area contributed by atoms with Crippen molar-refractivity contribution in [2.24, 2.45) is 0 Å². The van der Waals surface area contributed by atoms with Gasteiger partial charge >= 0.3 is 0 Å². The molecular weight excluding hydrogens is 285 g/mol. The SMILES string of the molecule is O=C(Cc1ccccc1F)NCC1COc2ccccc2O1. The molecule has 0 radical (unpaired) electrons. The molecule has 2 aromatic carbocycles. The van der Waals surface area contributed by atoms with Crippen molar-refractivity contribution in [1.29, 1.82) is 0 Å². The van der Waals surface area contributed by atoms with Gasteiger partial charge in [-0.05, 0) is 23.8 Å². The van der Waals surface area contributed by atoms with E-state index in [0.29, 0.717) is 30.2 Å². The van der Waals surface area contributed by atoms with E-state index in [-0.39, 0.29) is 24.2 Å². The standard InChI is InChI=1S/C17H16FNO3/c18-14-6-2-1-5-12(14)9-17(20)19-10-13-11-21-15-7-3-4-8-16(15)22-13/h1-8,13H,9-11H2,(H,19,20). The zero-order valence-corrected chi connectivity index (χ0v) is 11.9. The van der Waals surface area contributed by atoms with Crippen LogP contribution in [0.4, 0.5) is 4.39 Å². The molecule has 22 heavy (non-hydrogen) atoms. The summed E-state index contributed by atoms with van der Waals surface area (Å²) in [6.07, 6.45) is -0.240. The molecule has 5 heteroatoms. The van der Waals surface area contributed by atoms with E-state index in [2.05, 4.69) is 5.32 Å². The van der Waals surface area contributed by atoms with Gasteiger partial charge in [0.25, 0.3) is 0 Å². The van der Waals surface area contributed by atoms with Gasteiger partial charge in [-0.15, -0.1) is 0 Å². The average Bonchev–Trinajstić information content (AvgIpc) is 2.55. The minimum atomic E-state index is -0.371. The summed E-state index contributed by atoms with van der Waals surface area (Å²) in [5.74, 6) is 0.759. The monoisotopic (exact) mass is 301 g/mol. The molecule has 0 spiro atoms. The number of ether oxygens (including phenoxy) is 2. The minimum Gasteiger partial charge on any atom is -0.486 e. The van der Waals surface area contributed by atoms with Crippen LogP contribution in [0.15, 0.2) is 48.5 Å². The summed E-state index contributed by atoms with van der Waals surface area (Å²) in [4.78, 5) is 11.9. The highest BCUT2D eigenvalue weighted by Gasteiger charge is 2.21. The van der Waals surface area contributed by atoms with Crippen molar-refractivity contribution in [3.63, 3.8) is 0 Å². The van der Waals surface area contributed by atoms with Crippen molar-refractivity contribution in [1.82, 2.24) is 5.32 Å². The van der Waals surface area contributed by atoms with Gasteiger partial charge in [-0.2, -0.15) is 0 Å². The number of hydrogen-bond donors (Lipinski definition) is 1. The molecular formula is C17H16FNO3. The number of nitrogens with one attached hydrogen (secondary N) is 1. The van der Waals surface area contributed by atoms with Crippen molar-refractivity contribution >= 4 is 5.91 Å². The summed E-state index contributed by atoms with van der Waals surface area (Å²) in [5, 5.41) is 2.75. The Hall–Kier alpha value is -2.56. The number of hydrogen-bond acceptors (Lipinski definition) is 3. The quantitative estimate of drug-likeness (QED) is 0.943. The summed E-state index contributed by atoms with van der Waals surface area (Å²) in [6.45, 7) is 0.693. The molecule has 1 atom stereocenters. The normalized spacial score (nSPS) is 16.1. The summed E-state index contributed by atoms with van der Waals surface area (Å²) in [5.41, 5.74) is 0.381. The molecule has 1 N–H and O–H groups in total. The largest absolute Gasteiger partial charge is 0.486 e. The second-order valence-corrected chi connectivity index (χ2v) is 5.07. The van der Waals surface area contributed by atoms with E-state index in [4.69, 9.17) is 9.47 Å².